The normalized spacial score (nSPS) is 24.5. The van der Waals surface area contributed by atoms with Gasteiger partial charge < -0.3 is 9.52 Å². The summed E-state index contributed by atoms with van der Waals surface area (Å²) < 4.78 is 6.74. The Labute approximate surface area is 139 Å². The highest BCUT2D eigenvalue weighted by molar-refractivity contribution is 6.05. The predicted molar refractivity (Wildman–Crippen MR) is 91.7 cm³/mol. The predicted octanol–water partition coefficient (Wildman–Crippen LogP) is 3.20. The van der Waals surface area contributed by atoms with E-state index >= 15 is 0 Å². The molecule has 3 heterocycles. The zero-order valence-corrected chi connectivity index (χ0v) is 13.6. The van der Waals surface area contributed by atoms with Gasteiger partial charge in [-0.3, -0.25) is 9.28 Å². The van der Waals surface area contributed by atoms with Gasteiger partial charge in [0, 0.05) is 18.2 Å². The number of hydrogen-bond donors (Lipinski definition) is 1. The summed E-state index contributed by atoms with van der Waals surface area (Å²) >= 11 is 0. The van der Waals surface area contributed by atoms with E-state index in [-0.39, 0.29) is 5.92 Å². The minimum absolute atomic E-state index is 0.254. The lowest BCUT2D eigenvalue weighted by Crippen LogP contribution is -2.55. The lowest BCUT2D eigenvalue weighted by Gasteiger charge is -2.40. The van der Waals surface area contributed by atoms with Crippen molar-refractivity contribution in [2.45, 2.75) is 19.8 Å². The Morgan fingerprint density at radius 3 is 2.75 bits per heavy atom. The Hall–Kier alpha value is -2.47. The molecule has 0 spiro atoms. The second kappa shape index (κ2) is 5.56. The first kappa shape index (κ1) is 15.1. The van der Waals surface area contributed by atoms with Crippen LogP contribution in [-0.2, 0) is 4.79 Å². The molecule has 1 aromatic carbocycles. The summed E-state index contributed by atoms with van der Waals surface area (Å²) in [5.41, 5.74) is 2.38. The summed E-state index contributed by atoms with van der Waals surface area (Å²) in [5.74, 6) is -0.0705. The van der Waals surface area contributed by atoms with E-state index in [4.69, 9.17) is 4.42 Å². The maximum atomic E-state index is 11.3. The number of furan rings is 1. The Balaban J connectivity index is 1.84. The molecular weight excluding hydrogens is 306 g/mol. The first-order valence-electron chi connectivity index (χ1n) is 8.36. The number of carbonyl (C=O) groups is 1. The Bertz CT molecular complexity index is 910. The topological polar surface area (TPSA) is 76.2 Å². The number of rotatable bonds is 3. The molecule has 1 aliphatic heterocycles. The van der Waals surface area contributed by atoms with Crippen LogP contribution in [0.4, 0.5) is 5.82 Å². The number of fused-ring (bicyclic) bond motifs is 3. The largest absolute Gasteiger partial charge is 0.481 e. The number of para-hydroxylation sites is 1. The summed E-state index contributed by atoms with van der Waals surface area (Å²) in [6.07, 6.45) is 2.92. The molecule has 0 radical (unpaired) electrons. The van der Waals surface area contributed by atoms with Gasteiger partial charge in [0.25, 0.3) is 5.82 Å². The fourth-order valence-corrected chi connectivity index (χ4v) is 3.84. The van der Waals surface area contributed by atoms with E-state index in [0.29, 0.717) is 17.3 Å². The van der Waals surface area contributed by atoms with E-state index in [9.17, 15) is 9.90 Å². The van der Waals surface area contributed by atoms with Crippen molar-refractivity contribution in [3.63, 3.8) is 0 Å². The van der Waals surface area contributed by atoms with Gasteiger partial charge in [-0.2, -0.15) is 4.98 Å². The number of carboxylic acid groups (broad SMARTS) is 1. The van der Waals surface area contributed by atoms with Crippen molar-refractivity contribution in [3.05, 3.63) is 30.6 Å². The molecule has 0 amide bonds. The maximum absolute atomic E-state index is 11.3. The van der Waals surface area contributed by atoms with Crippen molar-refractivity contribution in [2.75, 3.05) is 19.6 Å². The quantitative estimate of drug-likeness (QED) is 0.748. The molecule has 3 aromatic rings. The van der Waals surface area contributed by atoms with Crippen molar-refractivity contribution in [3.8, 4) is 0 Å². The van der Waals surface area contributed by atoms with Crippen LogP contribution in [0.25, 0.3) is 22.1 Å². The van der Waals surface area contributed by atoms with Crippen LogP contribution < -0.4 is 4.48 Å². The lowest BCUT2D eigenvalue weighted by atomic mass is 9.95. The lowest BCUT2D eigenvalue weighted by molar-refractivity contribution is -0.143. The number of benzene rings is 1. The van der Waals surface area contributed by atoms with Gasteiger partial charge in [-0.25, -0.2) is 4.98 Å². The molecule has 0 atom stereocenters. The van der Waals surface area contributed by atoms with Crippen LogP contribution in [0.3, 0.4) is 0 Å². The van der Waals surface area contributed by atoms with Gasteiger partial charge in [0.2, 0.25) is 5.58 Å². The molecule has 0 unspecified atom stereocenters. The van der Waals surface area contributed by atoms with Crippen LogP contribution in [0.5, 0.6) is 0 Å². The Morgan fingerprint density at radius 2 is 2.04 bits per heavy atom. The van der Waals surface area contributed by atoms with E-state index < -0.39 is 5.97 Å². The van der Waals surface area contributed by atoms with Gasteiger partial charge in [-0.15, -0.1) is 0 Å². The second-order valence-electron chi connectivity index (χ2n) is 6.49. The Kier molecular flexibility index (Phi) is 3.49. The van der Waals surface area contributed by atoms with Crippen LogP contribution in [0.1, 0.15) is 19.8 Å². The number of nitrogens with zero attached hydrogens (tertiary/aromatic N) is 3. The molecule has 6 nitrogen and oxygen atoms in total. The van der Waals surface area contributed by atoms with Crippen LogP contribution in [-0.4, -0.2) is 40.7 Å². The fourth-order valence-electron chi connectivity index (χ4n) is 3.84. The van der Waals surface area contributed by atoms with Crippen LogP contribution in [0.15, 0.2) is 35.0 Å². The van der Waals surface area contributed by atoms with Crippen molar-refractivity contribution in [1.29, 1.82) is 0 Å². The molecule has 4 rings (SSSR count). The van der Waals surface area contributed by atoms with Gasteiger partial charge in [-0.1, -0.05) is 12.1 Å². The smallest absolute Gasteiger partial charge is 0.306 e. The molecule has 1 saturated heterocycles. The molecular formula is C18H20N3O3+. The van der Waals surface area contributed by atoms with Crippen LogP contribution >= 0.6 is 0 Å². The van der Waals surface area contributed by atoms with Gasteiger partial charge >= 0.3 is 5.97 Å². The summed E-state index contributed by atoms with van der Waals surface area (Å²) in [6, 6.07) is 7.86. The van der Waals surface area contributed by atoms with E-state index in [1.807, 2.05) is 24.3 Å². The second-order valence-corrected chi connectivity index (χ2v) is 6.49. The highest BCUT2D eigenvalue weighted by Gasteiger charge is 2.40. The molecule has 0 bridgehead atoms. The summed E-state index contributed by atoms with van der Waals surface area (Å²) in [5, 5.41) is 10.3. The third kappa shape index (κ3) is 2.17. The number of aromatic nitrogens is 2. The van der Waals surface area contributed by atoms with Gasteiger partial charge in [-0.05, 0) is 19.1 Å². The minimum atomic E-state index is -0.694. The first-order valence-corrected chi connectivity index (χ1v) is 8.36. The van der Waals surface area contributed by atoms with Gasteiger partial charge in [0.05, 0.1) is 25.6 Å². The zero-order valence-electron chi connectivity index (χ0n) is 13.6. The molecule has 1 fully saturated rings. The minimum Gasteiger partial charge on any atom is -0.481 e. The van der Waals surface area contributed by atoms with Crippen molar-refractivity contribution in [1.82, 2.24) is 14.5 Å². The number of piperidine rings is 1. The highest BCUT2D eigenvalue weighted by atomic mass is 16.4. The molecule has 1 aliphatic rings. The van der Waals surface area contributed by atoms with Crippen molar-refractivity contribution in [2.24, 2.45) is 5.92 Å². The average Bonchev–Trinajstić information content (AvgIpc) is 3.00. The zero-order chi connectivity index (χ0) is 16.7. The van der Waals surface area contributed by atoms with E-state index in [0.717, 1.165) is 47.5 Å². The van der Waals surface area contributed by atoms with E-state index in [2.05, 4.69) is 16.9 Å². The number of carboxylic acids is 1. The maximum Gasteiger partial charge on any atom is 0.306 e. The molecule has 1 N–H and O–H groups in total. The van der Waals surface area contributed by atoms with E-state index in [1.165, 1.54) is 0 Å². The molecule has 124 valence electrons. The third-order valence-electron chi connectivity index (χ3n) is 5.35. The summed E-state index contributed by atoms with van der Waals surface area (Å²) in [4.78, 5) is 20.3. The number of aliphatic carboxylic acids is 1. The Morgan fingerprint density at radius 1 is 1.29 bits per heavy atom. The van der Waals surface area contributed by atoms with Crippen molar-refractivity contribution < 1.29 is 14.3 Å². The molecule has 6 heteroatoms. The highest BCUT2D eigenvalue weighted by Crippen LogP contribution is 2.37. The van der Waals surface area contributed by atoms with Crippen LogP contribution in [0, 0.1) is 5.92 Å². The SMILES string of the molecule is CC[N+]1(c2ncnc3c2oc2ccccc23)CCC(C(=O)O)CC1. The fraction of sp³-hybridized carbons (Fsp3) is 0.389. The molecule has 0 saturated carbocycles. The molecule has 24 heavy (non-hydrogen) atoms. The third-order valence-corrected chi connectivity index (χ3v) is 5.35. The van der Waals surface area contributed by atoms with Crippen LogP contribution in [0.2, 0.25) is 0 Å². The summed E-state index contributed by atoms with van der Waals surface area (Å²) in [6.45, 7) is 4.50. The molecule has 2 aromatic heterocycles. The number of hydrogen-bond acceptors (Lipinski definition) is 4. The van der Waals surface area contributed by atoms with E-state index in [1.54, 1.807) is 6.33 Å². The van der Waals surface area contributed by atoms with Crippen molar-refractivity contribution >= 4 is 33.9 Å². The number of quaternary nitrogens is 1. The average molecular weight is 326 g/mol. The summed E-state index contributed by atoms with van der Waals surface area (Å²) in [7, 11) is 0. The van der Waals surface area contributed by atoms with Gasteiger partial charge in [0.1, 0.15) is 17.4 Å². The molecule has 0 aliphatic carbocycles. The standard InChI is InChI=1S/C18H19N3O3/c1-2-21(9-7-12(8-10-21)18(22)23)17-16-15(19-11-20-17)13-5-3-4-6-14(13)24-16/h3-6,11-12H,2,7-10H2,1H3/p+1. The first-order chi connectivity index (χ1) is 11.6. The van der Waals surface area contributed by atoms with Gasteiger partial charge in [0.15, 0.2) is 0 Å². The number of likely N-dealkylation sites (tertiary alicyclic amines) is 1. The monoisotopic (exact) mass is 326 g/mol.